The van der Waals surface area contributed by atoms with Gasteiger partial charge in [-0.1, -0.05) is 0 Å². The molecule has 0 radical (unpaired) electrons. The van der Waals surface area contributed by atoms with Gasteiger partial charge in [0, 0.05) is 12.6 Å². The van der Waals surface area contributed by atoms with Crippen LogP contribution in [0.15, 0.2) is 12.1 Å². The fraction of sp³-hybridized carbons (Fsp3) is 0.571. The van der Waals surface area contributed by atoms with Crippen LogP contribution in [0.3, 0.4) is 0 Å². The van der Waals surface area contributed by atoms with Crippen molar-refractivity contribution in [3.63, 3.8) is 0 Å². The molecule has 2 aliphatic carbocycles. The van der Waals surface area contributed by atoms with Crippen LogP contribution < -0.4 is 10.6 Å². The van der Waals surface area contributed by atoms with Gasteiger partial charge in [-0.3, -0.25) is 5.41 Å². The summed E-state index contributed by atoms with van der Waals surface area (Å²) in [6, 6.07) is 2.39. The highest BCUT2D eigenvalue weighted by molar-refractivity contribution is 5.99. The molecule has 3 N–H and O–H groups in total. The highest BCUT2D eigenvalue weighted by Gasteiger charge is 2.38. The second kappa shape index (κ2) is 4.89. The molecule has 0 aromatic carbocycles. The minimum atomic E-state index is -4.49. The van der Waals surface area contributed by atoms with E-state index in [1.165, 1.54) is 6.07 Å². The zero-order valence-electron chi connectivity index (χ0n) is 11.5. The summed E-state index contributed by atoms with van der Waals surface area (Å²) in [5, 5.41) is 7.59. The third kappa shape index (κ3) is 3.11. The zero-order valence-corrected chi connectivity index (χ0v) is 11.5. The Morgan fingerprint density at radius 3 is 2.43 bits per heavy atom. The molecule has 0 spiro atoms. The van der Waals surface area contributed by atoms with E-state index in [1.54, 1.807) is 0 Å². The number of nitrogen functional groups attached to an aromatic ring is 1. The monoisotopic (exact) mass is 298 g/mol. The number of aromatic nitrogens is 1. The maximum atomic E-state index is 12.9. The Hall–Kier alpha value is -1.79. The number of rotatable bonds is 5. The number of pyridine rings is 1. The molecule has 1 heterocycles. The molecule has 2 fully saturated rings. The molecule has 4 nitrogen and oxygen atoms in total. The Bertz CT molecular complexity index is 562. The topological polar surface area (TPSA) is 66.0 Å². The SMILES string of the molecule is N=C(N)c1ccc(C(F)(F)F)nc1N(CC1CC1)C1CC1. The minimum absolute atomic E-state index is 0.215. The van der Waals surface area contributed by atoms with Crippen LogP contribution in [0.4, 0.5) is 19.0 Å². The van der Waals surface area contributed by atoms with Crippen LogP contribution in [0.2, 0.25) is 0 Å². The lowest BCUT2D eigenvalue weighted by Gasteiger charge is -2.26. The van der Waals surface area contributed by atoms with Crippen LogP contribution in [0.25, 0.3) is 0 Å². The Labute approximate surface area is 120 Å². The van der Waals surface area contributed by atoms with Gasteiger partial charge in [0.05, 0.1) is 5.56 Å². The van der Waals surface area contributed by atoms with Gasteiger partial charge in [0.2, 0.25) is 0 Å². The van der Waals surface area contributed by atoms with Crippen molar-refractivity contribution >= 4 is 11.7 Å². The Morgan fingerprint density at radius 2 is 1.95 bits per heavy atom. The molecule has 21 heavy (non-hydrogen) atoms. The van der Waals surface area contributed by atoms with E-state index in [1.807, 2.05) is 4.90 Å². The first kappa shape index (κ1) is 14.2. The van der Waals surface area contributed by atoms with Crippen molar-refractivity contribution in [1.29, 1.82) is 5.41 Å². The van der Waals surface area contributed by atoms with Gasteiger partial charge in [-0.05, 0) is 43.7 Å². The van der Waals surface area contributed by atoms with Crippen molar-refractivity contribution in [3.8, 4) is 0 Å². The van der Waals surface area contributed by atoms with Crippen LogP contribution in [0.5, 0.6) is 0 Å². The second-order valence-electron chi connectivity index (χ2n) is 5.81. The summed E-state index contributed by atoms with van der Waals surface area (Å²) in [5.41, 5.74) is 4.87. The lowest BCUT2D eigenvalue weighted by atomic mass is 10.2. The van der Waals surface area contributed by atoms with Crippen molar-refractivity contribution < 1.29 is 13.2 Å². The average Bonchev–Trinajstić information content (AvgIpc) is 3.25. The molecule has 0 aliphatic heterocycles. The van der Waals surface area contributed by atoms with E-state index in [4.69, 9.17) is 11.1 Å². The normalized spacial score (nSPS) is 18.6. The molecule has 0 atom stereocenters. The summed E-state index contributed by atoms with van der Waals surface area (Å²) in [4.78, 5) is 5.71. The predicted molar refractivity (Wildman–Crippen MR) is 73.3 cm³/mol. The Balaban J connectivity index is 2.00. The molecular formula is C14H17F3N4. The number of nitrogens with zero attached hydrogens (tertiary/aromatic N) is 2. The molecule has 114 valence electrons. The highest BCUT2D eigenvalue weighted by atomic mass is 19.4. The third-order valence-electron chi connectivity index (χ3n) is 3.87. The predicted octanol–water partition coefficient (Wildman–Crippen LogP) is 2.76. The minimum Gasteiger partial charge on any atom is -0.384 e. The lowest BCUT2D eigenvalue weighted by molar-refractivity contribution is -0.141. The number of hydrogen-bond donors (Lipinski definition) is 2. The fourth-order valence-corrected chi connectivity index (χ4v) is 2.41. The first-order valence-corrected chi connectivity index (χ1v) is 7.05. The van der Waals surface area contributed by atoms with Crippen LogP contribution in [-0.4, -0.2) is 23.4 Å². The first-order chi connectivity index (χ1) is 9.86. The second-order valence-corrected chi connectivity index (χ2v) is 5.81. The maximum absolute atomic E-state index is 12.9. The van der Waals surface area contributed by atoms with E-state index in [0.717, 1.165) is 31.7 Å². The summed E-state index contributed by atoms with van der Waals surface area (Å²) >= 11 is 0. The molecule has 7 heteroatoms. The zero-order chi connectivity index (χ0) is 15.2. The standard InChI is InChI=1S/C14H17F3N4/c15-14(16,17)11-6-5-10(12(18)19)13(20-11)21(9-3-4-9)7-8-1-2-8/h5-6,8-9H,1-4,7H2,(H3,18,19). The van der Waals surface area contributed by atoms with Gasteiger partial charge in [0.25, 0.3) is 0 Å². The molecule has 2 aliphatic rings. The molecule has 0 saturated heterocycles. The third-order valence-corrected chi connectivity index (χ3v) is 3.87. The number of hydrogen-bond acceptors (Lipinski definition) is 3. The summed E-state index contributed by atoms with van der Waals surface area (Å²) < 4.78 is 38.7. The number of nitrogens with one attached hydrogen (secondary N) is 1. The van der Waals surface area contributed by atoms with Crippen molar-refractivity contribution in [2.75, 3.05) is 11.4 Å². The maximum Gasteiger partial charge on any atom is 0.433 e. The highest BCUT2D eigenvalue weighted by Crippen LogP contribution is 2.39. The van der Waals surface area contributed by atoms with Crippen molar-refractivity contribution in [3.05, 3.63) is 23.4 Å². The molecule has 0 bridgehead atoms. The van der Waals surface area contributed by atoms with Crippen LogP contribution in [0.1, 0.15) is 36.9 Å². The molecule has 1 aromatic heterocycles. The first-order valence-electron chi connectivity index (χ1n) is 7.05. The Morgan fingerprint density at radius 1 is 1.29 bits per heavy atom. The molecule has 0 unspecified atom stereocenters. The quantitative estimate of drug-likeness (QED) is 0.649. The van der Waals surface area contributed by atoms with Gasteiger partial charge in [-0.15, -0.1) is 0 Å². The van der Waals surface area contributed by atoms with Gasteiger partial charge in [-0.25, -0.2) is 4.98 Å². The summed E-state index contributed by atoms with van der Waals surface area (Å²) in [5.74, 6) is 0.501. The van der Waals surface area contributed by atoms with Crippen molar-refractivity contribution in [2.24, 2.45) is 11.7 Å². The van der Waals surface area contributed by atoms with E-state index in [2.05, 4.69) is 4.98 Å². The lowest BCUT2D eigenvalue weighted by Crippen LogP contribution is -2.32. The van der Waals surface area contributed by atoms with E-state index >= 15 is 0 Å². The Kier molecular flexibility index (Phi) is 3.30. The van der Waals surface area contributed by atoms with Crippen molar-refractivity contribution in [1.82, 2.24) is 4.98 Å². The van der Waals surface area contributed by atoms with Crippen LogP contribution >= 0.6 is 0 Å². The van der Waals surface area contributed by atoms with Gasteiger partial charge in [-0.2, -0.15) is 13.2 Å². The largest absolute Gasteiger partial charge is 0.433 e. The summed E-state index contributed by atoms with van der Waals surface area (Å²) in [6.45, 7) is 0.708. The van der Waals surface area contributed by atoms with Gasteiger partial charge in [0.1, 0.15) is 17.3 Å². The fourth-order valence-electron chi connectivity index (χ4n) is 2.41. The molecule has 3 rings (SSSR count). The van der Waals surface area contributed by atoms with E-state index in [-0.39, 0.29) is 23.3 Å². The van der Waals surface area contributed by atoms with Crippen LogP contribution in [0, 0.1) is 11.3 Å². The summed E-state index contributed by atoms with van der Waals surface area (Å²) in [6.07, 6.45) is -0.349. The number of nitrogens with two attached hydrogens (primary N) is 1. The van der Waals surface area contributed by atoms with Gasteiger partial charge < -0.3 is 10.6 Å². The van der Waals surface area contributed by atoms with E-state index in [0.29, 0.717) is 12.5 Å². The molecule has 2 saturated carbocycles. The number of amidine groups is 1. The number of anilines is 1. The van der Waals surface area contributed by atoms with Crippen molar-refractivity contribution in [2.45, 2.75) is 37.9 Å². The average molecular weight is 298 g/mol. The molecular weight excluding hydrogens is 281 g/mol. The summed E-state index contributed by atoms with van der Waals surface area (Å²) in [7, 11) is 0. The van der Waals surface area contributed by atoms with Crippen LogP contribution in [-0.2, 0) is 6.18 Å². The van der Waals surface area contributed by atoms with E-state index in [9.17, 15) is 13.2 Å². The smallest absolute Gasteiger partial charge is 0.384 e. The number of alkyl halides is 3. The van der Waals surface area contributed by atoms with Gasteiger partial charge in [0.15, 0.2) is 0 Å². The van der Waals surface area contributed by atoms with Gasteiger partial charge >= 0.3 is 6.18 Å². The van der Waals surface area contributed by atoms with E-state index < -0.39 is 11.9 Å². The molecule has 0 amide bonds. The number of halogens is 3. The molecule has 1 aromatic rings.